The number of hydrogen-bond donors (Lipinski definition) is 0. The van der Waals surface area contributed by atoms with Gasteiger partial charge in [-0.05, 0) is 72.1 Å². The minimum atomic E-state index is -1.07. The standard InChI is InChI=1S/C29H27F5/c1-3-5-6-7-18-11-12-22(28(33)27(18)32)20-9-8-19-15-24(25(30)16-21(19)14-20)23-13-10-17(4-2)26(31)29(23)34/h9-13,15-16H,3-8,14H2,1-2H3. The molecule has 0 fully saturated rings. The lowest BCUT2D eigenvalue weighted by molar-refractivity contribution is 0.493. The zero-order valence-electron chi connectivity index (χ0n) is 19.4. The van der Waals surface area contributed by atoms with E-state index in [1.807, 2.05) is 0 Å². The molecule has 0 saturated heterocycles. The zero-order valence-corrected chi connectivity index (χ0v) is 19.4. The maximum Gasteiger partial charge on any atom is 0.167 e. The number of rotatable bonds is 7. The summed E-state index contributed by atoms with van der Waals surface area (Å²) in [5.74, 6) is -4.42. The first-order valence-corrected chi connectivity index (χ1v) is 11.8. The van der Waals surface area contributed by atoms with Crippen molar-refractivity contribution in [1.29, 1.82) is 0 Å². The number of benzene rings is 3. The van der Waals surface area contributed by atoms with E-state index < -0.39 is 29.1 Å². The molecular formula is C29H27F5. The van der Waals surface area contributed by atoms with E-state index in [9.17, 15) is 22.0 Å². The molecule has 0 nitrogen and oxygen atoms in total. The molecule has 0 N–H and O–H groups in total. The van der Waals surface area contributed by atoms with Gasteiger partial charge in [-0.25, -0.2) is 22.0 Å². The van der Waals surface area contributed by atoms with E-state index in [2.05, 4.69) is 6.92 Å². The number of allylic oxidation sites excluding steroid dienone is 2. The Morgan fingerprint density at radius 2 is 1.35 bits per heavy atom. The summed E-state index contributed by atoms with van der Waals surface area (Å²) in [7, 11) is 0. The molecule has 0 bridgehead atoms. The molecule has 5 heteroatoms. The molecule has 0 aromatic heterocycles. The van der Waals surface area contributed by atoms with Crippen molar-refractivity contribution >= 4 is 5.57 Å². The van der Waals surface area contributed by atoms with Crippen molar-refractivity contribution in [1.82, 2.24) is 0 Å². The highest BCUT2D eigenvalue weighted by Crippen LogP contribution is 2.36. The van der Waals surface area contributed by atoms with Gasteiger partial charge in [0.05, 0.1) is 0 Å². The molecule has 0 atom stereocenters. The van der Waals surface area contributed by atoms with Crippen LogP contribution in [0.4, 0.5) is 22.0 Å². The second-order valence-electron chi connectivity index (χ2n) is 8.82. The molecule has 0 amide bonds. The summed E-state index contributed by atoms with van der Waals surface area (Å²) in [5, 5.41) is 0. The highest BCUT2D eigenvalue weighted by atomic mass is 19.2. The van der Waals surface area contributed by atoms with Gasteiger partial charge in [-0.3, -0.25) is 0 Å². The molecule has 3 aromatic rings. The van der Waals surface area contributed by atoms with Crippen LogP contribution in [0.5, 0.6) is 0 Å². The van der Waals surface area contributed by atoms with Gasteiger partial charge in [0, 0.05) is 16.7 Å². The summed E-state index contributed by atoms with van der Waals surface area (Å²) in [4.78, 5) is 0. The van der Waals surface area contributed by atoms with Crippen LogP contribution in [0.25, 0.3) is 16.7 Å². The van der Waals surface area contributed by atoms with Crippen LogP contribution in [0.3, 0.4) is 0 Å². The summed E-state index contributed by atoms with van der Waals surface area (Å²) in [6, 6.07) is 8.89. The van der Waals surface area contributed by atoms with Gasteiger partial charge in [-0.2, -0.15) is 0 Å². The van der Waals surface area contributed by atoms with Crippen molar-refractivity contribution in [2.75, 3.05) is 0 Å². The van der Waals surface area contributed by atoms with Crippen LogP contribution in [0.2, 0.25) is 0 Å². The lowest BCUT2D eigenvalue weighted by atomic mass is 9.85. The largest absolute Gasteiger partial charge is 0.206 e. The van der Waals surface area contributed by atoms with Crippen LogP contribution in [-0.4, -0.2) is 0 Å². The van der Waals surface area contributed by atoms with Crippen molar-refractivity contribution in [3.63, 3.8) is 0 Å². The summed E-state index contributed by atoms with van der Waals surface area (Å²) in [6.45, 7) is 3.77. The van der Waals surface area contributed by atoms with E-state index >= 15 is 0 Å². The van der Waals surface area contributed by atoms with Gasteiger partial charge in [0.25, 0.3) is 0 Å². The predicted octanol–water partition coefficient (Wildman–Crippen LogP) is 8.53. The minimum absolute atomic E-state index is 0.0108. The first kappa shape index (κ1) is 24.2. The molecule has 4 rings (SSSR count). The molecule has 1 aliphatic rings. The Morgan fingerprint density at radius 1 is 0.676 bits per heavy atom. The van der Waals surface area contributed by atoms with Crippen molar-refractivity contribution in [3.05, 3.63) is 99.4 Å². The van der Waals surface area contributed by atoms with Gasteiger partial charge in [-0.15, -0.1) is 0 Å². The molecule has 1 aliphatic carbocycles. The fourth-order valence-corrected chi connectivity index (χ4v) is 4.60. The van der Waals surface area contributed by atoms with Crippen LogP contribution in [0.1, 0.15) is 60.9 Å². The van der Waals surface area contributed by atoms with Crippen LogP contribution < -0.4 is 0 Å². The Hall–Kier alpha value is -2.95. The van der Waals surface area contributed by atoms with Gasteiger partial charge in [0.2, 0.25) is 0 Å². The Balaban J connectivity index is 1.63. The third-order valence-electron chi connectivity index (χ3n) is 6.63. The van der Waals surface area contributed by atoms with Crippen LogP contribution in [0.15, 0.2) is 42.5 Å². The molecule has 178 valence electrons. The van der Waals surface area contributed by atoms with E-state index in [-0.39, 0.29) is 28.7 Å². The van der Waals surface area contributed by atoms with Gasteiger partial charge in [-0.1, -0.05) is 57.0 Å². The Kier molecular flexibility index (Phi) is 7.20. The summed E-state index contributed by atoms with van der Waals surface area (Å²) < 4.78 is 73.4. The van der Waals surface area contributed by atoms with Crippen LogP contribution in [-0.2, 0) is 25.7 Å². The predicted molar refractivity (Wildman–Crippen MR) is 126 cm³/mol. The van der Waals surface area contributed by atoms with E-state index in [0.717, 1.165) is 24.8 Å². The van der Waals surface area contributed by atoms with Crippen molar-refractivity contribution < 1.29 is 22.0 Å². The first-order valence-electron chi connectivity index (χ1n) is 11.8. The molecule has 0 heterocycles. The highest BCUT2D eigenvalue weighted by Gasteiger charge is 2.23. The summed E-state index contributed by atoms with van der Waals surface area (Å²) in [6.07, 6.45) is 5.95. The Labute approximate surface area is 197 Å². The molecule has 0 radical (unpaired) electrons. The number of aryl methyl sites for hydroxylation is 2. The second kappa shape index (κ2) is 10.1. The number of fused-ring (bicyclic) bond motifs is 1. The monoisotopic (exact) mass is 470 g/mol. The maximum absolute atomic E-state index is 15.0. The molecule has 0 saturated carbocycles. The second-order valence-corrected chi connectivity index (χ2v) is 8.82. The minimum Gasteiger partial charge on any atom is -0.206 e. The first-order chi connectivity index (χ1) is 16.3. The smallest absolute Gasteiger partial charge is 0.167 e. The zero-order chi connectivity index (χ0) is 24.4. The van der Waals surface area contributed by atoms with Gasteiger partial charge < -0.3 is 0 Å². The van der Waals surface area contributed by atoms with Gasteiger partial charge in [0.15, 0.2) is 23.3 Å². The average Bonchev–Trinajstić information content (AvgIpc) is 2.83. The van der Waals surface area contributed by atoms with Crippen molar-refractivity contribution in [2.24, 2.45) is 0 Å². The fourth-order valence-electron chi connectivity index (χ4n) is 4.60. The van der Waals surface area contributed by atoms with Gasteiger partial charge in [0.1, 0.15) is 5.82 Å². The summed E-state index contributed by atoms with van der Waals surface area (Å²) >= 11 is 0. The van der Waals surface area contributed by atoms with Crippen molar-refractivity contribution in [2.45, 2.75) is 58.8 Å². The van der Waals surface area contributed by atoms with E-state index in [1.165, 1.54) is 24.3 Å². The summed E-state index contributed by atoms with van der Waals surface area (Å²) in [5.41, 5.74) is 2.59. The van der Waals surface area contributed by atoms with Crippen LogP contribution >= 0.6 is 0 Å². The quantitative estimate of drug-likeness (QED) is 0.240. The van der Waals surface area contributed by atoms with E-state index in [4.69, 9.17) is 0 Å². The average molecular weight is 471 g/mol. The number of unbranched alkanes of at least 4 members (excludes halogenated alkanes) is 2. The third kappa shape index (κ3) is 4.53. The van der Waals surface area contributed by atoms with Gasteiger partial charge >= 0.3 is 0 Å². The molecule has 0 aliphatic heterocycles. The van der Waals surface area contributed by atoms with E-state index in [0.29, 0.717) is 36.0 Å². The van der Waals surface area contributed by atoms with Crippen LogP contribution in [0, 0.1) is 29.1 Å². The molecule has 3 aromatic carbocycles. The van der Waals surface area contributed by atoms with Crippen molar-refractivity contribution in [3.8, 4) is 11.1 Å². The lowest BCUT2D eigenvalue weighted by Crippen LogP contribution is -2.08. The Morgan fingerprint density at radius 3 is 2.09 bits per heavy atom. The SMILES string of the molecule is CCCCCc1ccc(C2=CCc3cc(-c4ccc(CC)c(F)c4F)c(F)cc3C2)c(F)c1F. The lowest BCUT2D eigenvalue weighted by Gasteiger charge is -2.20. The topological polar surface area (TPSA) is 0 Å². The number of halogens is 5. The number of hydrogen-bond acceptors (Lipinski definition) is 0. The molecular weight excluding hydrogens is 443 g/mol. The molecule has 34 heavy (non-hydrogen) atoms. The van der Waals surface area contributed by atoms with E-state index in [1.54, 1.807) is 25.1 Å². The highest BCUT2D eigenvalue weighted by molar-refractivity contribution is 5.74. The Bertz CT molecular complexity index is 1260. The molecule has 0 unspecified atom stereocenters. The third-order valence-corrected chi connectivity index (χ3v) is 6.63. The molecule has 0 spiro atoms. The fraction of sp³-hybridized carbons (Fsp3) is 0.310. The normalized spacial score (nSPS) is 13.1. The maximum atomic E-state index is 15.0.